The number of unbranched alkanes of at least 4 members (excludes halogenated alkanes) is 1. The lowest BCUT2D eigenvalue weighted by molar-refractivity contribution is -0.141. The molecule has 9 heteroatoms. The van der Waals surface area contributed by atoms with E-state index in [1.54, 1.807) is 6.20 Å². The highest BCUT2D eigenvalue weighted by Gasteiger charge is 2.56. The highest BCUT2D eigenvalue weighted by molar-refractivity contribution is 7.61. The fraction of sp³-hybridized carbons (Fsp3) is 0.500. The van der Waals surface area contributed by atoms with Crippen LogP contribution in [0.3, 0.4) is 0 Å². The highest BCUT2D eigenvalue weighted by atomic mass is 31.2. The molecule has 8 nitrogen and oxygen atoms in total. The Morgan fingerprint density at radius 2 is 2.10 bits per heavy atom. The molecule has 1 aromatic heterocycles. The van der Waals surface area contributed by atoms with Gasteiger partial charge in [-0.25, -0.2) is 4.98 Å². The molecule has 1 fully saturated rings. The number of nitrogens with zero attached hydrogens (tertiary/aromatic N) is 3. The molecule has 0 bridgehead atoms. The van der Waals surface area contributed by atoms with Crippen LogP contribution in [-0.4, -0.2) is 61.4 Å². The van der Waals surface area contributed by atoms with Crippen molar-refractivity contribution in [1.29, 1.82) is 0 Å². The lowest BCUT2D eigenvalue weighted by Crippen LogP contribution is -2.53. The minimum atomic E-state index is -3.83. The molecule has 3 rings (SSSR count). The molecule has 2 heterocycles. The summed E-state index contributed by atoms with van der Waals surface area (Å²) >= 11 is 0. The molecule has 1 aliphatic rings. The van der Waals surface area contributed by atoms with E-state index < -0.39 is 18.5 Å². The molecule has 1 aliphatic heterocycles. The van der Waals surface area contributed by atoms with Gasteiger partial charge in [0, 0.05) is 50.8 Å². The average molecular weight is 420 g/mol. The van der Waals surface area contributed by atoms with E-state index in [4.69, 9.17) is 5.73 Å². The number of imidazole rings is 1. The summed E-state index contributed by atoms with van der Waals surface area (Å²) in [6.45, 7) is 1.37. The first kappa shape index (κ1) is 21.7. The highest BCUT2D eigenvalue weighted by Crippen LogP contribution is 2.59. The molecule has 158 valence electrons. The molecular weight excluding hydrogens is 391 g/mol. The molecule has 2 atom stereocenters. The summed E-state index contributed by atoms with van der Waals surface area (Å²) in [5, 5.41) is 8.31. The number of aryl methyl sites for hydroxylation is 1. The number of carbonyl (C=O) groups is 1. The molecule has 0 amide bonds. The van der Waals surface area contributed by atoms with Crippen molar-refractivity contribution < 1.29 is 19.4 Å². The normalized spacial score (nSPS) is 25.2. The maximum Gasteiger partial charge on any atom is 0.320 e. The van der Waals surface area contributed by atoms with E-state index in [9.17, 15) is 19.4 Å². The monoisotopic (exact) mass is 420 g/mol. The van der Waals surface area contributed by atoms with Crippen LogP contribution in [-0.2, 0) is 23.0 Å². The number of nitrogens with two attached hydrogens (primary N) is 1. The Morgan fingerprint density at radius 3 is 2.76 bits per heavy atom. The van der Waals surface area contributed by atoms with Crippen LogP contribution in [0.15, 0.2) is 36.7 Å². The maximum absolute atomic E-state index is 12.9. The average Bonchev–Trinajstić information content (AvgIpc) is 3.10. The Bertz CT molecular complexity index is 915. The summed E-state index contributed by atoms with van der Waals surface area (Å²) in [6, 6.07) is 7.87. The molecule has 0 saturated carbocycles. The van der Waals surface area contributed by atoms with Crippen LogP contribution >= 0.6 is 7.37 Å². The number of hydrogen-bond acceptors (Lipinski definition) is 5. The molecule has 1 aromatic carbocycles. The van der Waals surface area contributed by atoms with Gasteiger partial charge in [-0.05, 0) is 24.9 Å². The molecule has 1 saturated heterocycles. The summed E-state index contributed by atoms with van der Waals surface area (Å²) in [6.07, 6.45) is 4.91. The van der Waals surface area contributed by atoms with Crippen molar-refractivity contribution in [3.05, 3.63) is 42.2 Å². The predicted octanol–water partition coefficient (Wildman–Crippen LogP) is 2.13. The van der Waals surface area contributed by atoms with Gasteiger partial charge in [0.25, 0.3) is 0 Å². The van der Waals surface area contributed by atoms with Gasteiger partial charge in [0.05, 0.1) is 0 Å². The predicted molar refractivity (Wildman–Crippen MR) is 112 cm³/mol. The summed E-state index contributed by atoms with van der Waals surface area (Å²) in [5.41, 5.74) is 7.52. The van der Waals surface area contributed by atoms with Crippen LogP contribution in [0.25, 0.3) is 11.4 Å². The van der Waals surface area contributed by atoms with E-state index in [0.717, 1.165) is 17.0 Å². The Labute approximate surface area is 170 Å². The largest absolute Gasteiger partial charge is 0.480 e. The number of aliphatic carboxylic acids is 1. The first-order valence-corrected chi connectivity index (χ1v) is 11.7. The number of carboxylic acid groups (broad SMARTS) is 1. The smallest absolute Gasteiger partial charge is 0.320 e. The van der Waals surface area contributed by atoms with E-state index in [1.807, 2.05) is 47.0 Å². The van der Waals surface area contributed by atoms with Gasteiger partial charge in [0.2, 0.25) is 7.37 Å². The van der Waals surface area contributed by atoms with E-state index in [2.05, 4.69) is 4.98 Å². The van der Waals surface area contributed by atoms with Crippen LogP contribution in [0.2, 0.25) is 0 Å². The topological polar surface area (TPSA) is 122 Å². The van der Waals surface area contributed by atoms with E-state index in [1.165, 1.54) is 0 Å². The minimum absolute atomic E-state index is 0.0213. The zero-order valence-corrected chi connectivity index (χ0v) is 17.6. The van der Waals surface area contributed by atoms with Gasteiger partial charge in [0.15, 0.2) is 5.16 Å². The lowest BCUT2D eigenvalue weighted by Gasteiger charge is -2.43. The number of benzene rings is 1. The van der Waals surface area contributed by atoms with Gasteiger partial charge in [-0.15, -0.1) is 0 Å². The third kappa shape index (κ3) is 4.31. The third-order valence-electron chi connectivity index (χ3n) is 5.79. The molecule has 4 N–H and O–H groups in total. The van der Waals surface area contributed by atoms with E-state index >= 15 is 0 Å². The van der Waals surface area contributed by atoms with Crippen molar-refractivity contribution in [3.8, 4) is 11.4 Å². The number of rotatable bonds is 8. The van der Waals surface area contributed by atoms with Crippen molar-refractivity contribution in [2.45, 2.75) is 31.0 Å². The molecule has 0 radical (unpaired) electrons. The zero-order chi connectivity index (χ0) is 21.1. The third-order valence-corrected chi connectivity index (χ3v) is 8.49. The standard InChI is InChI=1S/C20H29N4O4P/c1-23-11-10-22-18(23)17-7-3-2-6-16(17)14-24-12-13-29(27,28)20(15-24,19(25)26)8-4-5-9-21/h2-3,6-7,10-11H,4-5,8-9,12-15,21H2,1H3,(H,25,26)(H,27,28). The molecule has 2 unspecified atom stereocenters. The van der Waals surface area contributed by atoms with Crippen LogP contribution in [0, 0.1) is 0 Å². The first-order chi connectivity index (χ1) is 13.8. The Balaban J connectivity index is 1.87. The second-order valence-electron chi connectivity index (χ2n) is 7.74. The van der Waals surface area contributed by atoms with Gasteiger partial charge in [0.1, 0.15) is 5.82 Å². The second-order valence-corrected chi connectivity index (χ2v) is 10.4. The fourth-order valence-corrected chi connectivity index (χ4v) is 6.28. The Morgan fingerprint density at radius 1 is 1.34 bits per heavy atom. The molecule has 0 spiro atoms. The van der Waals surface area contributed by atoms with Gasteiger partial charge < -0.3 is 20.3 Å². The van der Waals surface area contributed by atoms with E-state index in [0.29, 0.717) is 32.5 Å². The second kappa shape index (κ2) is 8.79. The van der Waals surface area contributed by atoms with Crippen LogP contribution in [0.1, 0.15) is 24.8 Å². The Kier molecular flexibility index (Phi) is 6.58. The minimum Gasteiger partial charge on any atom is -0.480 e. The lowest BCUT2D eigenvalue weighted by atomic mass is 9.98. The molecule has 2 aromatic rings. The van der Waals surface area contributed by atoms with Crippen molar-refractivity contribution in [2.24, 2.45) is 12.8 Å². The van der Waals surface area contributed by atoms with Crippen LogP contribution < -0.4 is 5.73 Å². The summed E-state index contributed by atoms with van der Waals surface area (Å²) in [5.74, 6) is -0.361. The van der Waals surface area contributed by atoms with Crippen molar-refractivity contribution in [2.75, 3.05) is 25.8 Å². The van der Waals surface area contributed by atoms with Crippen molar-refractivity contribution in [1.82, 2.24) is 14.5 Å². The molecule has 0 aliphatic carbocycles. The SMILES string of the molecule is Cn1ccnc1-c1ccccc1CN1CCP(=O)(O)C(CCCCN)(C(=O)O)C1. The zero-order valence-electron chi connectivity index (χ0n) is 16.7. The van der Waals surface area contributed by atoms with Gasteiger partial charge in [-0.1, -0.05) is 30.7 Å². The van der Waals surface area contributed by atoms with Gasteiger partial charge >= 0.3 is 5.97 Å². The number of hydrogen-bond donors (Lipinski definition) is 3. The van der Waals surface area contributed by atoms with Crippen LogP contribution in [0.5, 0.6) is 0 Å². The first-order valence-electron chi connectivity index (χ1n) is 9.84. The van der Waals surface area contributed by atoms with Crippen molar-refractivity contribution in [3.63, 3.8) is 0 Å². The Hall–Kier alpha value is -1.99. The molecule has 29 heavy (non-hydrogen) atoms. The van der Waals surface area contributed by atoms with Crippen molar-refractivity contribution >= 4 is 13.3 Å². The number of carboxylic acids is 1. The quantitative estimate of drug-likeness (QED) is 0.442. The number of aromatic nitrogens is 2. The summed E-state index contributed by atoms with van der Waals surface area (Å²) < 4.78 is 14.9. The fourth-order valence-electron chi connectivity index (χ4n) is 4.07. The van der Waals surface area contributed by atoms with Gasteiger partial charge in [-0.3, -0.25) is 14.3 Å². The van der Waals surface area contributed by atoms with E-state index in [-0.39, 0.29) is 19.1 Å². The summed E-state index contributed by atoms with van der Waals surface area (Å²) in [7, 11) is -1.91. The van der Waals surface area contributed by atoms with Gasteiger partial charge in [-0.2, -0.15) is 0 Å². The maximum atomic E-state index is 12.9. The van der Waals surface area contributed by atoms with Crippen LogP contribution in [0.4, 0.5) is 0 Å². The molecular formula is C20H29N4O4P. The summed E-state index contributed by atoms with van der Waals surface area (Å²) in [4.78, 5) is 29.2.